The number of para-hydroxylation sites is 1. The van der Waals surface area contributed by atoms with Crippen LogP contribution in [0.25, 0.3) is 10.2 Å². The second-order valence-corrected chi connectivity index (χ2v) is 14.0. The van der Waals surface area contributed by atoms with Crippen LogP contribution >= 0.6 is 11.3 Å². The molecule has 0 aliphatic carbocycles. The second-order valence-electron chi connectivity index (χ2n) is 9.07. The first kappa shape index (κ1) is 27.7. The molecule has 208 valence electrons. The molecular formula is C27H25N3O7S3. The molecule has 2 heterocycles. The molecule has 1 aliphatic heterocycles. The van der Waals surface area contributed by atoms with Gasteiger partial charge in [0, 0.05) is 18.4 Å². The highest BCUT2D eigenvalue weighted by molar-refractivity contribution is 7.92. The highest BCUT2D eigenvalue weighted by atomic mass is 32.2. The van der Waals surface area contributed by atoms with Crippen LogP contribution in [0.1, 0.15) is 22.8 Å². The number of ether oxygens (including phenoxy) is 1. The van der Waals surface area contributed by atoms with Crippen LogP contribution in [-0.2, 0) is 42.4 Å². The molecular weight excluding hydrogens is 575 g/mol. The third kappa shape index (κ3) is 5.31. The van der Waals surface area contributed by atoms with Crippen LogP contribution in [-0.4, -0.2) is 52.7 Å². The van der Waals surface area contributed by atoms with Crippen molar-refractivity contribution < 1.29 is 31.2 Å². The molecule has 1 aromatic heterocycles. The van der Waals surface area contributed by atoms with E-state index in [-0.39, 0.29) is 33.3 Å². The summed E-state index contributed by atoms with van der Waals surface area (Å²) < 4.78 is 59.1. The maximum atomic E-state index is 13.3. The van der Waals surface area contributed by atoms with Crippen molar-refractivity contribution in [1.82, 2.24) is 4.57 Å². The van der Waals surface area contributed by atoms with Crippen LogP contribution in [0.15, 0.2) is 81.5 Å². The van der Waals surface area contributed by atoms with E-state index < -0.39 is 31.7 Å². The van der Waals surface area contributed by atoms with Gasteiger partial charge in [-0.25, -0.2) is 16.8 Å². The van der Waals surface area contributed by atoms with Gasteiger partial charge in [-0.05, 0) is 67.4 Å². The van der Waals surface area contributed by atoms with Gasteiger partial charge in [0.15, 0.2) is 14.6 Å². The van der Waals surface area contributed by atoms with E-state index in [9.17, 15) is 26.4 Å². The Bertz CT molecular complexity index is 1920. The molecule has 1 amide bonds. The summed E-state index contributed by atoms with van der Waals surface area (Å²) >= 11 is 1.06. The molecule has 0 saturated heterocycles. The molecule has 0 atom stereocenters. The quantitative estimate of drug-likeness (QED) is 0.298. The van der Waals surface area contributed by atoms with Gasteiger partial charge in [-0.2, -0.15) is 4.99 Å². The van der Waals surface area contributed by atoms with Crippen molar-refractivity contribution in [3.63, 3.8) is 0 Å². The van der Waals surface area contributed by atoms with Crippen LogP contribution in [0.3, 0.4) is 0 Å². The first-order valence-corrected chi connectivity index (χ1v) is 16.4. The lowest BCUT2D eigenvalue weighted by Gasteiger charge is -2.19. The minimum atomic E-state index is -3.82. The summed E-state index contributed by atoms with van der Waals surface area (Å²) in [6.07, 6.45) is 1.72. The minimum Gasteiger partial charge on any atom is -0.465 e. The van der Waals surface area contributed by atoms with E-state index in [0.717, 1.165) is 23.2 Å². The van der Waals surface area contributed by atoms with Gasteiger partial charge in [-0.15, -0.1) is 0 Å². The van der Waals surface area contributed by atoms with Gasteiger partial charge in [0.1, 0.15) is 6.54 Å². The third-order valence-electron chi connectivity index (χ3n) is 6.41. The molecule has 3 aromatic carbocycles. The number of hydrogen-bond acceptors (Lipinski definition) is 8. The number of benzene rings is 3. The highest BCUT2D eigenvalue weighted by Gasteiger charge is 2.30. The van der Waals surface area contributed by atoms with Gasteiger partial charge < -0.3 is 9.30 Å². The fraction of sp³-hybridized carbons (Fsp3) is 0.222. The molecule has 0 fully saturated rings. The molecule has 0 unspecified atom stereocenters. The van der Waals surface area contributed by atoms with E-state index in [1.807, 2.05) is 12.1 Å². The molecule has 0 spiro atoms. The zero-order valence-corrected chi connectivity index (χ0v) is 24.1. The Balaban J connectivity index is 1.49. The number of esters is 1. The zero-order chi connectivity index (χ0) is 28.7. The highest BCUT2D eigenvalue weighted by Crippen LogP contribution is 2.32. The Morgan fingerprint density at radius 1 is 0.975 bits per heavy atom. The molecule has 1 aliphatic rings. The molecule has 13 heteroatoms. The standard InChI is InChI=1S/C27H25N3O7S3/c1-3-37-25(31)17-29-23-13-12-21(39(2,33)34)16-24(23)38-27(29)28-26(32)19-8-10-20(11-9-19)40(35,36)30-15-14-18-6-4-5-7-22(18)30/h4-13,16H,3,14-15,17H2,1-2H3. The van der Waals surface area contributed by atoms with Crippen molar-refractivity contribution in [3.8, 4) is 0 Å². The average Bonchev–Trinajstić information content (AvgIpc) is 3.50. The largest absolute Gasteiger partial charge is 0.465 e. The summed E-state index contributed by atoms with van der Waals surface area (Å²) in [7, 11) is -7.30. The molecule has 0 N–H and O–H groups in total. The number of sulfone groups is 1. The number of sulfonamides is 1. The van der Waals surface area contributed by atoms with Crippen LogP contribution in [0.2, 0.25) is 0 Å². The van der Waals surface area contributed by atoms with Crippen LogP contribution in [0, 0.1) is 0 Å². The van der Waals surface area contributed by atoms with Gasteiger partial charge >= 0.3 is 5.97 Å². The Morgan fingerprint density at radius 3 is 2.38 bits per heavy atom. The van der Waals surface area contributed by atoms with E-state index in [1.54, 1.807) is 25.1 Å². The Morgan fingerprint density at radius 2 is 1.68 bits per heavy atom. The monoisotopic (exact) mass is 599 g/mol. The summed E-state index contributed by atoms with van der Waals surface area (Å²) in [5, 5.41) is 0. The summed E-state index contributed by atoms with van der Waals surface area (Å²) in [6, 6.07) is 17.3. The molecule has 0 radical (unpaired) electrons. The van der Waals surface area contributed by atoms with E-state index in [4.69, 9.17) is 4.74 Å². The van der Waals surface area contributed by atoms with Crippen LogP contribution in [0.5, 0.6) is 0 Å². The first-order chi connectivity index (χ1) is 19.0. The predicted octanol–water partition coefficient (Wildman–Crippen LogP) is 3.16. The van der Waals surface area contributed by atoms with Crippen molar-refractivity contribution in [2.75, 3.05) is 23.7 Å². The smallest absolute Gasteiger partial charge is 0.326 e. The second kappa shape index (κ2) is 10.6. The zero-order valence-electron chi connectivity index (χ0n) is 21.6. The van der Waals surface area contributed by atoms with Gasteiger partial charge in [0.2, 0.25) is 0 Å². The van der Waals surface area contributed by atoms with Gasteiger partial charge in [0.05, 0.1) is 32.3 Å². The predicted molar refractivity (Wildman–Crippen MR) is 151 cm³/mol. The number of carbonyl (C=O) groups excluding carboxylic acids is 2. The summed E-state index contributed by atoms with van der Waals surface area (Å²) in [5.74, 6) is -1.19. The van der Waals surface area contributed by atoms with E-state index >= 15 is 0 Å². The summed E-state index contributed by atoms with van der Waals surface area (Å²) in [6.45, 7) is 1.95. The Kier molecular flexibility index (Phi) is 7.38. The average molecular weight is 600 g/mol. The number of amides is 1. The fourth-order valence-electron chi connectivity index (χ4n) is 4.46. The fourth-order valence-corrected chi connectivity index (χ4v) is 7.76. The SMILES string of the molecule is CCOC(=O)Cn1c(=NC(=O)c2ccc(S(=O)(=O)N3CCc4ccccc43)cc2)sc2cc(S(C)(=O)=O)ccc21. The van der Waals surface area contributed by atoms with E-state index in [1.165, 1.54) is 45.3 Å². The lowest BCUT2D eigenvalue weighted by molar-refractivity contribution is -0.143. The Hall–Kier alpha value is -3.81. The van der Waals surface area contributed by atoms with Gasteiger partial charge in [-0.3, -0.25) is 13.9 Å². The number of rotatable bonds is 7. The van der Waals surface area contributed by atoms with Gasteiger partial charge in [0.25, 0.3) is 15.9 Å². The molecule has 4 aromatic rings. The van der Waals surface area contributed by atoms with Crippen molar-refractivity contribution >= 4 is 59.0 Å². The lowest BCUT2D eigenvalue weighted by Crippen LogP contribution is -2.29. The van der Waals surface area contributed by atoms with Gasteiger partial charge in [-0.1, -0.05) is 29.5 Å². The number of nitrogens with zero attached hydrogens (tertiary/aromatic N) is 3. The molecule has 0 bridgehead atoms. The molecule has 40 heavy (non-hydrogen) atoms. The number of anilines is 1. The number of fused-ring (bicyclic) bond motifs is 2. The van der Waals surface area contributed by atoms with Crippen LogP contribution < -0.4 is 9.11 Å². The number of carbonyl (C=O) groups is 2. The van der Waals surface area contributed by atoms with Crippen molar-refractivity contribution in [3.05, 3.63) is 82.7 Å². The topological polar surface area (TPSA) is 132 Å². The van der Waals surface area contributed by atoms with E-state index in [0.29, 0.717) is 28.9 Å². The van der Waals surface area contributed by atoms with Crippen molar-refractivity contribution in [1.29, 1.82) is 0 Å². The molecule has 10 nitrogen and oxygen atoms in total. The minimum absolute atomic E-state index is 0.0493. The molecule has 5 rings (SSSR count). The molecule has 0 saturated carbocycles. The van der Waals surface area contributed by atoms with Crippen molar-refractivity contribution in [2.45, 2.75) is 29.7 Å². The maximum Gasteiger partial charge on any atom is 0.326 e. The number of aromatic nitrogens is 1. The maximum absolute atomic E-state index is 13.3. The number of hydrogen-bond donors (Lipinski definition) is 0. The van der Waals surface area contributed by atoms with Crippen molar-refractivity contribution in [2.24, 2.45) is 4.99 Å². The van der Waals surface area contributed by atoms with E-state index in [2.05, 4.69) is 4.99 Å². The normalized spacial score (nSPS) is 13.9. The summed E-state index contributed by atoms with van der Waals surface area (Å²) in [5.41, 5.74) is 2.27. The van der Waals surface area contributed by atoms with Crippen LogP contribution in [0.4, 0.5) is 5.69 Å². The first-order valence-electron chi connectivity index (χ1n) is 12.3. The lowest BCUT2D eigenvalue weighted by atomic mass is 10.2. The number of thiazole rings is 1. The summed E-state index contributed by atoms with van der Waals surface area (Å²) in [4.78, 5) is 29.9. The third-order valence-corrected chi connectivity index (χ3v) is 10.4. The Labute approximate surface area is 235 Å².